The molecule has 0 spiro atoms. The van der Waals surface area contributed by atoms with Crippen molar-refractivity contribution in [1.82, 2.24) is 4.98 Å². The second kappa shape index (κ2) is 5.79. The monoisotopic (exact) mass is 278 g/mol. The van der Waals surface area contributed by atoms with E-state index < -0.39 is 5.97 Å². The Morgan fingerprint density at radius 2 is 2.21 bits per heavy atom. The number of carbonyl (C=O) groups excluding carboxylic acids is 1. The van der Waals surface area contributed by atoms with E-state index in [-0.39, 0.29) is 11.5 Å². The normalized spacial score (nSPS) is 10.6. The van der Waals surface area contributed by atoms with E-state index in [4.69, 9.17) is 5.11 Å². The molecule has 0 bridgehead atoms. The fraction of sp³-hybridized carbons (Fsp3) is 0.308. The van der Waals surface area contributed by atoms with Gasteiger partial charge in [0.2, 0.25) is 5.91 Å². The fourth-order valence-corrected chi connectivity index (χ4v) is 2.55. The Morgan fingerprint density at radius 3 is 2.89 bits per heavy atom. The van der Waals surface area contributed by atoms with Crippen LogP contribution in [0.5, 0.6) is 0 Å². The minimum atomic E-state index is -0.969. The molecule has 2 N–H and O–H groups in total. The highest BCUT2D eigenvalue weighted by molar-refractivity contribution is 7.22. The fourth-order valence-electron chi connectivity index (χ4n) is 1.63. The molecule has 100 valence electrons. The average Bonchev–Trinajstić information content (AvgIpc) is 2.77. The van der Waals surface area contributed by atoms with Gasteiger partial charge in [-0.2, -0.15) is 0 Å². The van der Waals surface area contributed by atoms with Crippen LogP contribution < -0.4 is 5.32 Å². The van der Waals surface area contributed by atoms with Crippen LogP contribution in [-0.4, -0.2) is 22.0 Å². The summed E-state index contributed by atoms with van der Waals surface area (Å²) >= 11 is 1.28. The maximum atomic E-state index is 11.6. The van der Waals surface area contributed by atoms with Crippen molar-refractivity contribution < 1.29 is 14.7 Å². The Labute approximate surface area is 114 Å². The summed E-state index contributed by atoms with van der Waals surface area (Å²) in [5, 5.41) is 12.2. The van der Waals surface area contributed by atoms with Crippen LogP contribution >= 0.6 is 11.3 Å². The number of fused-ring (bicyclic) bond motifs is 1. The molecular formula is C13H14N2O3S. The van der Waals surface area contributed by atoms with Gasteiger partial charge in [0.15, 0.2) is 5.13 Å². The summed E-state index contributed by atoms with van der Waals surface area (Å²) in [6, 6.07) is 4.72. The summed E-state index contributed by atoms with van der Waals surface area (Å²) in [6.45, 7) is 2.03. The predicted octanol–water partition coefficient (Wildman–Crippen LogP) is 3.12. The van der Waals surface area contributed by atoms with Gasteiger partial charge in [-0.25, -0.2) is 9.78 Å². The molecule has 1 aromatic carbocycles. The first-order chi connectivity index (χ1) is 9.10. The first-order valence-corrected chi connectivity index (χ1v) is 6.85. The van der Waals surface area contributed by atoms with Crippen LogP contribution in [0.4, 0.5) is 5.13 Å². The van der Waals surface area contributed by atoms with Gasteiger partial charge >= 0.3 is 5.97 Å². The summed E-state index contributed by atoms with van der Waals surface area (Å²) in [5.41, 5.74) is 0.917. The van der Waals surface area contributed by atoms with Gasteiger partial charge in [0.1, 0.15) is 0 Å². The Hall–Kier alpha value is -1.95. The molecule has 0 fully saturated rings. The van der Waals surface area contributed by atoms with Gasteiger partial charge < -0.3 is 10.4 Å². The molecule has 5 nitrogen and oxygen atoms in total. The zero-order valence-corrected chi connectivity index (χ0v) is 11.3. The minimum absolute atomic E-state index is 0.0561. The van der Waals surface area contributed by atoms with Crippen LogP contribution in [-0.2, 0) is 4.79 Å². The molecule has 6 heteroatoms. The van der Waals surface area contributed by atoms with Crippen molar-refractivity contribution in [3.05, 3.63) is 23.8 Å². The number of aromatic carboxylic acids is 1. The Kier molecular flexibility index (Phi) is 4.11. The number of carboxylic acids is 1. The highest BCUT2D eigenvalue weighted by atomic mass is 32.1. The van der Waals surface area contributed by atoms with Gasteiger partial charge in [-0.3, -0.25) is 4.79 Å². The number of hydrogen-bond donors (Lipinski definition) is 2. The lowest BCUT2D eigenvalue weighted by Gasteiger charge is -1.98. The van der Waals surface area contributed by atoms with Crippen LogP contribution in [0.2, 0.25) is 0 Å². The third-order valence-electron chi connectivity index (χ3n) is 2.64. The lowest BCUT2D eigenvalue weighted by molar-refractivity contribution is -0.116. The Balaban J connectivity index is 2.17. The van der Waals surface area contributed by atoms with E-state index in [9.17, 15) is 9.59 Å². The number of thiazole rings is 1. The van der Waals surface area contributed by atoms with Crippen LogP contribution in [0.25, 0.3) is 10.2 Å². The van der Waals surface area contributed by atoms with Gasteiger partial charge in [0.25, 0.3) is 0 Å². The van der Waals surface area contributed by atoms with Crippen molar-refractivity contribution in [1.29, 1.82) is 0 Å². The molecule has 0 aliphatic carbocycles. The quantitative estimate of drug-likeness (QED) is 0.880. The average molecular weight is 278 g/mol. The molecule has 2 rings (SSSR count). The third-order valence-corrected chi connectivity index (χ3v) is 3.57. The standard InChI is InChI=1S/C13H14N2O3S/c1-2-3-4-11(16)15-13-14-9-6-5-8(12(17)18)7-10(9)19-13/h5-7H,2-4H2,1H3,(H,17,18)(H,14,15,16). The molecule has 1 amide bonds. The summed E-state index contributed by atoms with van der Waals surface area (Å²) in [5.74, 6) is -1.02. The topological polar surface area (TPSA) is 79.3 Å². The van der Waals surface area contributed by atoms with Crippen molar-refractivity contribution in [2.45, 2.75) is 26.2 Å². The SMILES string of the molecule is CCCCC(=O)Nc1nc2ccc(C(=O)O)cc2s1. The Bertz CT molecular complexity index is 621. The lowest BCUT2D eigenvalue weighted by atomic mass is 10.2. The summed E-state index contributed by atoms with van der Waals surface area (Å²) in [6.07, 6.45) is 2.29. The number of nitrogens with zero attached hydrogens (tertiary/aromatic N) is 1. The molecule has 0 radical (unpaired) electrons. The van der Waals surface area contributed by atoms with Crippen molar-refractivity contribution in [2.24, 2.45) is 0 Å². The van der Waals surface area contributed by atoms with Gasteiger partial charge in [-0.05, 0) is 24.6 Å². The first kappa shape index (κ1) is 13.5. The van der Waals surface area contributed by atoms with E-state index in [0.29, 0.717) is 17.1 Å². The van der Waals surface area contributed by atoms with Gasteiger partial charge in [-0.1, -0.05) is 24.7 Å². The molecular weight excluding hydrogens is 264 g/mol. The van der Waals surface area contributed by atoms with E-state index in [2.05, 4.69) is 10.3 Å². The lowest BCUT2D eigenvalue weighted by Crippen LogP contribution is -2.10. The maximum Gasteiger partial charge on any atom is 0.335 e. The van der Waals surface area contributed by atoms with E-state index in [1.165, 1.54) is 17.4 Å². The summed E-state index contributed by atoms with van der Waals surface area (Å²) in [4.78, 5) is 26.7. The van der Waals surface area contributed by atoms with E-state index in [1.807, 2.05) is 6.92 Å². The maximum absolute atomic E-state index is 11.6. The van der Waals surface area contributed by atoms with Crippen molar-refractivity contribution in [3.8, 4) is 0 Å². The van der Waals surface area contributed by atoms with Crippen LogP contribution in [0.3, 0.4) is 0 Å². The second-order valence-electron chi connectivity index (χ2n) is 4.16. The number of benzene rings is 1. The first-order valence-electron chi connectivity index (χ1n) is 6.04. The number of rotatable bonds is 5. The Morgan fingerprint density at radius 1 is 1.42 bits per heavy atom. The van der Waals surface area contributed by atoms with Crippen LogP contribution in [0.1, 0.15) is 36.5 Å². The van der Waals surface area contributed by atoms with Gasteiger partial charge in [0.05, 0.1) is 15.8 Å². The van der Waals surface area contributed by atoms with E-state index in [1.54, 1.807) is 12.1 Å². The zero-order valence-electron chi connectivity index (χ0n) is 10.5. The molecule has 0 saturated carbocycles. The highest BCUT2D eigenvalue weighted by Gasteiger charge is 2.10. The van der Waals surface area contributed by atoms with E-state index >= 15 is 0 Å². The van der Waals surface area contributed by atoms with Crippen LogP contribution in [0.15, 0.2) is 18.2 Å². The minimum Gasteiger partial charge on any atom is -0.478 e. The second-order valence-corrected chi connectivity index (χ2v) is 5.19. The molecule has 2 aromatic rings. The number of amides is 1. The molecule has 0 unspecified atom stereocenters. The largest absolute Gasteiger partial charge is 0.478 e. The summed E-state index contributed by atoms with van der Waals surface area (Å²) in [7, 11) is 0. The molecule has 1 aromatic heterocycles. The summed E-state index contributed by atoms with van der Waals surface area (Å²) < 4.78 is 0.755. The van der Waals surface area contributed by atoms with Gasteiger partial charge in [0, 0.05) is 6.42 Å². The van der Waals surface area contributed by atoms with Crippen molar-refractivity contribution in [3.63, 3.8) is 0 Å². The molecule has 19 heavy (non-hydrogen) atoms. The third kappa shape index (κ3) is 3.29. The zero-order chi connectivity index (χ0) is 13.8. The number of aromatic nitrogens is 1. The number of carboxylic acid groups (broad SMARTS) is 1. The van der Waals surface area contributed by atoms with Crippen molar-refractivity contribution >= 4 is 38.6 Å². The van der Waals surface area contributed by atoms with Crippen molar-refractivity contribution in [2.75, 3.05) is 5.32 Å². The molecule has 0 aliphatic heterocycles. The molecule has 0 atom stereocenters. The molecule has 1 heterocycles. The smallest absolute Gasteiger partial charge is 0.335 e. The molecule has 0 aliphatic rings. The predicted molar refractivity (Wildman–Crippen MR) is 74.7 cm³/mol. The molecule has 0 saturated heterocycles. The van der Waals surface area contributed by atoms with Crippen LogP contribution in [0, 0.1) is 0 Å². The number of carbonyl (C=O) groups is 2. The van der Waals surface area contributed by atoms with E-state index in [0.717, 1.165) is 17.5 Å². The highest BCUT2D eigenvalue weighted by Crippen LogP contribution is 2.27. The number of anilines is 1. The number of hydrogen-bond acceptors (Lipinski definition) is 4. The number of nitrogens with one attached hydrogen (secondary N) is 1. The number of unbranched alkanes of at least 4 members (excludes halogenated alkanes) is 1. The van der Waals surface area contributed by atoms with Gasteiger partial charge in [-0.15, -0.1) is 0 Å².